The number of hydrogen-bond acceptors (Lipinski definition) is 3. The van der Waals surface area contributed by atoms with Crippen LogP contribution < -0.4 is 4.90 Å². The number of imidazole rings is 1. The number of benzene rings is 2. The van der Waals surface area contributed by atoms with E-state index in [4.69, 9.17) is 4.98 Å². The Labute approximate surface area is 160 Å². The lowest BCUT2D eigenvalue weighted by molar-refractivity contribution is -0.141. The molecule has 0 spiro atoms. The van der Waals surface area contributed by atoms with Gasteiger partial charge in [-0.15, -0.1) is 0 Å². The van der Waals surface area contributed by atoms with Crippen LogP contribution in [0.4, 0.5) is 5.69 Å². The maximum Gasteiger partial charge on any atom is 0.308 e. The third-order valence-electron chi connectivity index (χ3n) is 5.03. The fraction of sp³-hybridized carbons (Fsp3) is 0.364. The lowest BCUT2D eigenvalue weighted by atomic mass is 9.97. The molecule has 1 aromatic heterocycles. The maximum absolute atomic E-state index is 11.3. The van der Waals surface area contributed by atoms with Crippen molar-refractivity contribution in [2.45, 2.75) is 26.7 Å². The van der Waals surface area contributed by atoms with Crippen LogP contribution in [0.25, 0.3) is 22.4 Å². The molecule has 2 aromatic carbocycles. The summed E-state index contributed by atoms with van der Waals surface area (Å²) in [4.78, 5) is 18.3. The van der Waals surface area contributed by atoms with Gasteiger partial charge in [0.15, 0.2) is 0 Å². The van der Waals surface area contributed by atoms with Gasteiger partial charge in [0.1, 0.15) is 5.82 Å². The van der Waals surface area contributed by atoms with Crippen molar-refractivity contribution in [3.05, 3.63) is 48.5 Å². The fourth-order valence-corrected chi connectivity index (χ4v) is 3.66. The normalized spacial score (nSPS) is 16.7. The first-order valence-corrected chi connectivity index (χ1v) is 9.63. The number of fused-ring (bicyclic) bond motifs is 1. The average molecular weight is 365 g/mol. The molecule has 1 N–H and O–H groups in total. The van der Waals surface area contributed by atoms with E-state index in [1.165, 1.54) is 0 Å². The number of piperidine rings is 1. The molecule has 5 heteroatoms. The minimum Gasteiger partial charge on any atom is -0.481 e. The topological polar surface area (TPSA) is 58.4 Å². The van der Waals surface area contributed by atoms with Gasteiger partial charge in [0.2, 0.25) is 0 Å². The van der Waals surface area contributed by atoms with Crippen LogP contribution in [0.1, 0.15) is 26.7 Å². The van der Waals surface area contributed by atoms with Gasteiger partial charge in [-0.25, -0.2) is 4.98 Å². The van der Waals surface area contributed by atoms with E-state index >= 15 is 0 Å². The molecule has 0 radical (unpaired) electrons. The zero-order chi connectivity index (χ0) is 19.4. The monoisotopic (exact) mass is 365 g/mol. The van der Waals surface area contributed by atoms with Crippen LogP contribution in [0, 0.1) is 5.92 Å². The van der Waals surface area contributed by atoms with E-state index in [0.717, 1.165) is 47.5 Å². The number of aryl methyl sites for hydroxylation is 1. The van der Waals surface area contributed by atoms with Crippen LogP contribution in [0.15, 0.2) is 48.5 Å². The van der Waals surface area contributed by atoms with Crippen LogP contribution in [-0.4, -0.2) is 33.7 Å². The number of anilines is 1. The lowest BCUT2D eigenvalue weighted by Crippen LogP contribution is -2.38. The first kappa shape index (κ1) is 19.0. The second-order valence-electron chi connectivity index (χ2n) is 6.66. The van der Waals surface area contributed by atoms with Crippen LogP contribution >= 0.6 is 0 Å². The molecule has 4 rings (SSSR count). The summed E-state index contributed by atoms with van der Waals surface area (Å²) in [5.41, 5.74) is 4.20. The summed E-state index contributed by atoms with van der Waals surface area (Å²) in [7, 11) is 2.03. The van der Waals surface area contributed by atoms with Gasteiger partial charge in [0.05, 0.1) is 17.0 Å². The molecule has 1 fully saturated rings. The molecule has 0 bridgehead atoms. The SMILES string of the molecule is CC.Cn1c(-c2cccc(N3CCCC(C(=O)O)C3)c2)nc2ccccc21. The van der Waals surface area contributed by atoms with Gasteiger partial charge in [-0.3, -0.25) is 4.79 Å². The molecule has 0 saturated carbocycles. The number of aromatic nitrogens is 2. The molecule has 0 aliphatic carbocycles. The molecule has 2 heterocycles. The molecule has 1 unspecified atom stereocenters. The first-order valence-electron chi connectivity index (χ1n) is 9.63. The Morgan fingerprint density at radius 1 is 1.15 bits per heavy atom. The molecule has 1 atom stereocenters. The van der Waals surface area contributed by atoms with Gasteiger partial charge < -0.3 is 14.6 Å². The van der Waals surface area contributed by atoms with Crippen molar-refractivity contribution in [2.24, 2.45) is 13.0 Å². The Kier molecular flexibility index (Phi) is 5.79. The van der Waals surface area contributed by atoms with Crippen LogP contribution in [-0.2, 0) is 11.8 Å². The lowest BCUT2D eigenvalue weighted by Gasteiger charge is -2.32. The van der Waals surface area contributed by atoms with Gasteiger partial charge >= 0.3 is 5.97 Å². The number of hydrogen-bond donors (Lipinski definition) is 1. The summed E-state index contributed by atoms with van der Waals surface area (Å²) < 4.78 is 2.10. The van der Waals surface area contributed by atoms with Crippen molar-refractivity contribution in [3.8, 4) is 11.4 Å². The number of para-hydroxylation sites is 2. The van der Waals surface area contributed by atoms with E-state index in [9.17, 15) is 9.90 Å². The van der Waals surface area contributed by atoms with E-state index in [-0.39, 0.29) is 5.92 Å². The minimum absolute atomic E-state index is 0.284. The van der Waals surface area contributed by atoms with E-state index in [0.29, 0.717) is 6.54 Å². The van der Waals surface area contributed by atoms with Crippen molar-refractivity contribution in [1.82, 2.24) is 9.55 Å². The highest BCUT2D eigenvalue weighted by Gasteiger charge is 2.25. The van der Waals surface area contributed by atoms with Crippen molar-refractivity contribution in [1.29, 1.82) is 0 Å². The largest absolute Gasteiger partial charge is 0.481 e. The molecule has 5 nitrogen and oxygen atoms in total. The molecule has 142 valence electrons. The molecular formula is C22H27N3O2. The average Bonchev–Trinajstić information content (AvgIpc) is 3.07. The standard InChI is InChI=1S/C20H21N3O2.C2H6/c1-22-18-10-3-2-9-17(18)21-19(22)14-6-4-8-16(12-14)23-11-5-7-15(13-23)20(24)25;1-2/h2-4,6,8-10,12,15H,5,7,11,13H2,1H3,(H,24,25);1-2H3. The molecular weight excluding hydrogens is 338 g/mol. The third-order valence-corrected chi connectivity index (χ3v) is 5.03. The van der Waals surface area contributed by atoms with Gasteiger partial charge in [0.25, 0.3) is 0 Å². The molecule has 27 heavy (non-hydrogen) atoms. The predicted octanol–water partition coefficient (Wildman–Crippen LogP) is 4.57. The zero-order valence-electron chi connectivity index (χ0n) is 16.2. The summed E-state index contributed by atoms with van der Waals surface area (Å²) in [6.45, 7) is 5.47. The molecule has 3 aromatic rings. The summed E-state index contributed by atoms with van der Waals surface area (Å²) in [6, 6.07) is 16.3. The summed E-state index contributed by atoms with van der Waals surface area (Å²) in [6.07, 6.45) is 1.67. The summed E-state index contributed by atoms with van der Waals surface area (Å²) in [5, 5.41) is 9.31. The number of nitrogens with zero attached hydrogens (tertiary/aromatic N) is 3. The van der Waals surface area contributed by atoms with E-state index < -0.39 is 5.97 Å². The zero-order valence-corrected chi connectivity index (χ0v) is 16.2. The van der Waals surface area contributed by atoms with Gasteiger partial charge in [-0.1, -0.05) is 38.1 Å². The van der Waals surface area contributed by atoms with Crippen molar-refractivity contribution < 1.29 is 9.90 Å². The van der Waals surface area contributed by atoms with Gasteiger partial charge in [-0.05, 0) is 37.1 Å². The van der Waals surface area contributed by atoms with Crippen molar-refractivity contribution >= 4 is 22.7 Å². The molecule has 1 aliphatic heterocycles. The number of carbonyl (C=O) groups is 1. The van der Waals surface area contributed by atoms with Crippen molar-refractivity contribution in [3.63, 3.8) is 0 Å². The Hall–Kier alpha value is -2.82. The summed E-state index contributed by atoms with van der Waals surface area (Å²) in [5.74, 6) is -0.0563. The fourth-order valence-electron chi connectivity index (χ4n) is 3.66. The third kappa shape index (κ3) is 3.82. The maximum atomic E-state index is 11.3. The van der Waals surface area contributed by atoms with Crippen LogP contribution in [0.2, 0.25) is 0 Å². The van der Waals surface area contributed by atoms with Gasteiger partial charge in [-0.2, -0.15) is 0 Å². The van der Waals surface area contributed by atoms with Crippen LogP contribution in [0.3, 0.4) is 0 Å². The van der Waals surface area contributed by atoms with E-state index in [2.05, 4.69) is 33.7 Å². The Morgan fingerprint density at radius 2 is 1.93 bits per heavy atom. The van der Waals surface area contributed by atoms with Gasteiger partial charge in [0, 0.05) is 31.4 Å². The Balaban J connectivity index is 0.00000102. The first-order chi connectivity index (χ1) is 13.1. The predicted molar refractivity (Wildman–Crippen MR) is 110 cm³/mol. The summed E-state index contributed by atoms with van der Waals surface area (Å²) >= 11 is 0. The number of carboxylic acid groups (broad SMARTS) is 1. The quantitative estimate of drug-likeness (QED) is 0.739. The second-order valence-corrected chi connectivity index (χ2v) is 6.66. The minimum atomic E-state index is -0.698. The molecule has 1 saturated heterocycles. The van der Waals surface area contributed by atoms with E-state index in [1.54, 1.807) is 0 Å². The highest BCUT2D eigenvalue weighted by molar-refractivity contribution is 5.81. The Bertz CT molecular complexity index is 932. The van der Waals surface area contributed by atoms with Crippen LogP contribution in [0.5, 0.6) is 0 Å². The second kappa shape index (κ2) is 8.25. The Morgan fingerprint density at radius 3 is 2.67 bits per heavy atom. The number of carboxylic acids is 1. The molecule has 1 aliphatic rings. The van der Waals surface area contributed by atoms with E-state index in [1.807, 2.05) is 45.2 Å². The number of rotatable bonds is 3. The highest BCUT2D eigenvalue weighted by atomic mass is 16.4. The number of aliphatic carboxylic acids is 1. The smallest absolute Gasteiger partial charge is 0.308 e. The highest BCUT2D eigenvalue weighted by Crippen LogP contribution is 2.29. The molecule has 0 amide bonds. The van der Waals surface area contributed by atoms with Crippen molar-refractivity contribution in [2.75, 3.05) is 18.0 Å².